The number of likely N-dealkylation sites (tertiary alicyclic amines) is 1. The zero-order valence-corrected chi connectivity index (χ0v) is 13.8. The van der Waals surface area contributed by atoms with Crippen molar-refractivity contribution in [3.63, 3.8) is 0 Å². The molecule has 1 atom stereocenters. The smallest absolute Gasteiger partial charge is 0.153 e. The minimum atomic E-state index is 0.338. The lowest BCUT2D eigenvalue weighted by atomic mass is 9.94. The number of nitrogens with zero attached hydrogens (tertiary/aromatic N) is 6. The van der Waals surface area contributed by atoms with Crippen LogP contribution >= 0.6 is 0 Å². The first-order valence-corrected chi connectivity index (χ1v) is 8.42. The van der Waals surface area contributed by atoms with E-state index in [1.807, 2.05) is 6.20 Å². The number of piperidine rings is 1. The van der Waals surface area contributed by atoms with Crippen molar-refractivity contribution in [2.45, 2.75) is 25.3 Å². The largest absolute Gasteiger partial charge is 0.347 e. The predicted molar refractivity (Wildman–Crippen MR) is 93.2 cm³/mol. The van der Waals surface area contributed by atoms with Gasteiger partial charge in [0.1, 0.15) is 5.82 Å². The molecule has 0 saturated carbocycles. The van der Waals surface area contributed by atoms with Gasteiger partial charge in [0, 0.05) is 55.7 Å². The van der Waals surface area contributed by atoms with Crippen LogP contribution in [0.15, 0.2) is 43.5 Å². The minimum absolute atomic E-state index is 0.338. The van der Waals surface area contributed by atoms with Crippen LogP contribution in [0.5, 0.6) is 0 Å². The van der Waals surface area contributed by atoms with Gasteiger partial charge >= 0.3 is 0 Å². The molecule has 1 fully saturated rings. The molecule has 4 heterocycles. The molecule has 128 valence electrons. The van der Waals surface area contributed by atoms with E-state index in [0.717, 1.165) is 49.7 Å². The Labute approximate surface area is 145 Å². The molecule has 4 rings (SSSR count). The molecule has 1 aliphatic heterocycles. The van der Waals surface area contributed by atoms with Gasteiger partial charge < -0.3 is 10.3 Å². The Bertz CT molecular complexity index is 789. The third kappa shape index (κ3) is 3.80. The van der Waals surface area contributed by atoms with Gasteiger partial charge in [-0.3, -0.25) is 14.9 Å². The van der Waals surface area contributed by atoms with Crippen LogP contribution in [0, 0.1) is 0 Å². The molecule has 1 saturated heterocycles. The summed E-state index contributed by atoms with van der Waals surface area (Å²) in [5.74, 6) is 1.77. The van der Waals surface area contributed by atoms with Crippen molar-refractivity contribution in [2.24, 2.45) is 0 Å². The lowest BCUT2D eigenvalue weighted by molar-refractivity contribution is 0.197. The minimum Gasteiger partial charge on any atom is -0.347 e. The van der Waals surface area contributed by atoms with E-state index >= 15 is 0 Å². The number of imidazole rings is 1. The Morgan fingerprint density at radius 2 is 2.00 bits per heavy atom. The molecular formula is C17H20N8. The molecule has 25 heavy (non-hydrogen) atoms. The Morgan fingerprint density at radius 1 is 1.08 bits per heavy atom. The molecule has 0 aliphatic carbocycles. The second-order valence-electron chi connectivity index (χ2n) is 6.16. The predicted octanol–water partition coefficient (Wildman–Crippen LogP) is 2.11. The van der Waals surface area contributed by atoms with E-state index in [1.165, 1.54) is 0 Å². The van der Waals surface area contributed by atoms with Crippen LogP contribution in [0.25, 0.3) is 0 Å². The topological polar surface area (TPSA) is 95.5 Å². The van der Waals surface area contributed by atoms with Gasteiger partial charge in [0.15, 0.2) is 5.82 Å². The Hall–Kier alpha value is -2.87. The first kappa shape index (κ1) is 15.6. The zero-order chi connectivity index (χ0) is 16.9. The van der Waals surface area contributed by atoms with Gasteiger partial charge in [0.05, 0.1) is 18.2 Å². The third-order valence-corrected chi connectivity index (χ3v) is 4.38. The molecule has 3 aromatic heterocycles. The molecular weight excluding hydrogens is 316 g/mol. The molecule has 8 nitrogen and oxygen atoms in total. The van der Waals surface area contributed by atoms with Gasteiger partial charge in [-0.25, -0.2) is 15.0 Å². The number of aromatic amines is 1. The van der Waals surface area contributed by atoms with E-state index in [0.29, 0.717) is 11.7 Å². The highest BCUT2D eigenvalue weighted by molar-refractivity contribution is 5.53. The number of H-pyrrole nitrogens is 1. The van der Waals surface area contributed by atoms with Crippen molar-refractivity contribution in [1.82, 2.24) is 34.8 Å². The molecule has 8 heteroatoms. The van der Waals surface area contributed by atoms with Gasteiger partial charge in [0.2, 0.25) is 0 Å². The maximum Gasteiger partial charge on any atom is 0.153 e. The number of hydrogen-bond acceptors (Lipinski definition) is 7. The fourth-order valence-electron chi connectivity index (χ4n) is 3.26. The Morgan fingerprint density at radius 3 is 2.84 bits per heavy atom. The number of hydrogen-bond donors (Lipinski definition) is 2. The van der Waals surface area contributed by atoms with Crippen LogP contribution in [-0.4, -0.2) is 47.9 Å². The van der Waals surface area contributed by atoms with Crippen LogP contribution in [0.2, 0.25) is 0 Å². The highest BCUT2D eigenvalue weighted by Crippen LogP contribution is 2.30. The van der Waals surface area contributed by atoms with Gasteiger partial charge in [-0.2, -0.15) is 0 Å². The van der Waals surface area contributed by atoms with Crippen LogP contribution < -0.4 is 5.32 Å². The average molecular weight is 336 g/mol. The summed E-state index contributed by atoms with van der Waals surface area (Å²) in [4.78, 5) is 27.1. The van der Waals surface area contributed by atoms with Crippen molar-refractivity contribution >= 4 is 11.6 Å². The number of aromatic nitrogens is 6. The summed E-state index contributed by atoms with van der Waals surface area (Å²) in [6.45, 7) is 2.92. The Kier molecular flexibility index (Phi) is 4.60. The number of rotatable bonds is 5. The van der Waals surface area contributed by atoms with Crippen molar-refractivity contribution in [3.05, 3.63) is 54.9 Å². The Balaban J connectivity index is 1.51. The summed E-state index contributed by atoms with van der Waals surface area (Å²) in [7, 11) is 0. The maximum atomic E-state index is 4.61. The fourth-order valence-corrected chi connectivity index (χ4v) is 3.26. The van der Waals surface area contributed by atoms with Crippen LogP contribution in [0.3, 0.4) is 0 Å². The van der Waals surface area contributed by atoms with E-state index in [-0.39, 0.29) is 0 Å². The van der Waals surface area contributed by atoms with E-state index in [1.54, 1.807) is 37.3 Å². The number of nitrogens with one attached hydrogen (secondary N) is 2. The average Bonchev–Trinajstić information content (AvgIpc) is 3.16. The molecule has 1 aliphatic rings. The summed E-state index contributed by atoms with van der Waals surface area (Å²) in [6, 6.07) is 0. The van der Waals surface area contributed by atoms with Crippen molar-refractivity contribution in [1.29, 1.82) is 0 Å². The second-order valence-corrected chi connectivity index (χ2v) is 6.16. The van der Waals surface area contributed by atoms with Crippen LogP contribution in [0.4, 0.5) is 11.6 Å². The van der Waals surface area contributed by atoms with Crippen LogP contribution in [0.1, 0.15) is 30.1 Å². The molecule has 0 radical (unpaired) electrons. The lowest BCUT2D eigenvalue weighted by Crippen LogP contribution is -2.34. The molecule has 0 spiro atoms. The van der Waals surface area contributed by atoms with Crippen molar-refractivity contribution in [2.75, 3.05) is 18.4 Å². The normalized spacial score (nSPS) is 18.2. The third-order valence-electron chi connectivity index (χ3n) is 4.38. The summed E-state index contributed by atoms with van der Waals surface area (Å²) in [6.07, 6.45) is 14.3. The molecule has 1 unspecified atom stereocenters. The molecule has 3 aromatic rings. The highest BCUT2D eigenvalue weighted by Gasteiger charge is 2.25. The molecule has 0 aromatic carbocycles. The molecule has 0 bridgehead atoms. The van der Waals surface area contributed by atoms with Gasteiger partial charge in [-0.1, -0.05) is 0 Å². The molecule has 0 amide bonds. The highest BCUT2D eigenvalue weighted by atomic mass is 15.2. The van der Waals surface area contributed by atoms with E-state index in [9.17, 15) is 0 Å². The lowest BCUT2D eigenvalue weighted by Gasteiger charge is -2.32. The SMILES string of the molecule is c1cnc(Nc2nccnc2C2CCCN(Cc3cnc[nH]3)C2)cn1. The fraction of sp³-hybridized carbons (Fsp3) is 0.353. The monoisotopic (exact) mass is 336 g/mol. The van der Waals surface area contributed by atoms with Gasteiger partial charge in [-0.15, -0.1) is 0 Å². The summed E-state index contributed by atoms with van der Waals surface area (Å²) in [5, 5.41) is 3.25. The summed E-state index contributed by atoms with van der Waals surface area (Å²) in [5.41, 5.74) is 2.13. The summed E-state index contributed by atoms with van der Waals surface area (Å²) < 4.78 is 0. The summed E-state index contributed by atoms with van der Waals surface area (Å²) >= 11 is 0. The maximum absolute atomic E-state index is 4.61. The zero-order valence-electron chi connectivity index (χ0n) is 13.8. The van der Waals surface area contributed by atoms with Crippen molar-refractivity contribution in [3.8, 4) is 0 Å². The van der Waals surface area contributed by atoms with E-state index in [2.05, 4.69) is 40.1 Å². The van der Waals surface area contributed by atoms with Gasteiger partial charge in [-0.05, 0) is 19.4 Å². The van der Waals surface area contributed by atoms with E-state index in [4.69, 9.17) is 0 Å². The van der Waals surface area contributed by atoms with E-state index < -0.39 is 0 Å². The first-order valence-electron chi connectivity index (χ1n) is 8.42. The van der Waals surface area contributed by atoms with Crippen molar-refractivity contribution < 1.29 is 0 Å². The quantitative estimate of drug-likeness (QED) is 0.736. The van der Waals surface area contributed by atoms with Gasteiger partial charge in [0.25, 0.3) is 0 Å². The number of anilines is 2. The second kappa shape index (κ2) is 7.35. The van der Waals surface area contributed by atoms with Crippen LogP contribution in [-0.2, 0) is 6.54 Å². The standard InChI is InChI=1S/C17H20N8/c1-2-13(10-25(7-1)11-14-8-19-12-23-14)16-17(22-6-5-21-16)24-15-9-18-3-4-20-15/h3-6,8-9,12-13H,1-2,7,10-11H2,(H,19,23)(H,20,22,24). The molecule has 2 N–H and O–H groups in total. The first-order chi connectivity index (χ1) is 12.4.